The highest BCUT2D eigenvalue weighted by molar-refractivity contribution is 5.31. The molecular weight excluding hydrogens is 166 g/mol. The SMILES string of the molecule is Cc1ccccc1OCC(N)CO. The number of para-hydroxylation sites is 1. The molecule has 0 aliphatic heterocycles. The summed E-state index contributed by atoms with van der Waals surface area (Å²) in [6.07, 6.45) is 0. The minimum Gasteiger partial charge on any atom is -0.492 e. The zero-order chi connectivity index (χ0) is 9.68. The Balaban J connectivity index is 2.50. The van der Waals surface area contributed by atoms with Crippen LogP contribution in [0.25, 0.3) is 0 Å². The van der Waals surface area contributed by atoms with Crippen LogP contribution in [-0.4, -0.2) is 24.4 Å². The Morgan fingerprint density at radius 3 is 2.77 bits per heavy atom. The van der Waals surface area contributed by atoms with Gasteiger partial charge in [-0.25, -0.2) is 0 Å². The molecule has 1 rings (SSSR count). The summed E-state index contributed by atoms with van der Waals surface area (Å²) in [5, 5.41) is 8.68. The summed E-state index contributed by atoms with van der Waals surface area (Å²) in [7, 11) is 0. The second kappa shape index (κ2) is 4.84. The third kappa shape index (κ3) is 3.05. The second-order valence-corrected chi connectivity index (χ2v) is 3.02. The molecule has 3 nitrogen and oxygen atoms in total. The molecule has 0 radical (unpaired) electrons. The van der Waals surface area contributed by atoms with Crippen LogP contribution in [0, 0.1) is 6.92 Å². The Bertz CT molecular complexity index is 263. The first-order valence-corrected chi connectivity index (χ1v) is 4.29. The monoisotopic (exact) mass is 181 g/mol. The van der Waals surface area contributed by atoms with Crippen molar-refractivity contribution >= 4 is 0 Å². The van der Waals surface area contributed by atoms with E-state index in [0.29, 0.717) is 6.61 Å². The minimum atomic E-state index is -0.306. The normalized spacial score (nSPS) is 12.5. The van der Waals surface area contributed by atoms with Crippen molar-refractivity contribution in [1.82, 2.24) is 0 Å². The first kappa shape index (κ1) is 10.0. The minimum absolute atomic E-state index is 0.0497. The number of aryl methyl sites for hydroxylation is 1. The number of benzene rings is 1. The molecular formula is C10H15NO2. The van der Waals surface area contributed by atoms with Gasteiger partial charge in [0.05, 0.1) is 12.6 Å². The Morgan fingerprint density at radius 1 is 1.46 bits per heavy atom. The van der Waals surface area contributed by atoms with Gasteiger partial charge < -0.3 is 15.6 Å². The molecule has 1 unspecified atom stereocenters. The van der Waals surface area contributed by atoms with Crippen LogP contribution in [0.5, 0.6) is 5.75 Å². The van der Waals surface area contributed by atoms with E-state index in [-0.39, 0.29) is 12.6 Å². The van der Waals surface area contributed by atoms with Crippen LogP contribution in [0.3, 0.4) is 0 Å². The van der Waals surface area contributed by atoms with Crippen molar-refractivity contribution in [2.24, 2.45) is 5.73 Å². The molecule has 1 atom stereocenters. The molecule has 0 aromatic heterocycles. The number of ether oxygens (including phenoxy) is 1. The van der Waals surface area contributed by atoms with E-state index in [9.17, 15) is 0 Å². The van der Waals surface area contributed by atoms with E-state index in [1.54, 1.807) is 0 Å². The molecule has 0 heterocycles. The van der Waals surface area contributed by atoms with Crippen molar-refractivity contribution in [3.63, 3.8) is 0 Å². The lowest BCUT2D eigenvalue weighted by atomic mass is 10.2. The zero-order valence-corrected chi connectivity index (χ0v) is 7.73. The fraction of sp³-hybridized carbons (Fsp3) is 0.400. The Hall–Kier alpha value is -1.06. The maximum Gasteiger partial charge on any atom is 0.122 e. The Labute approximate surface area is 78.1 Å². The van der Waals surface area contributed by atoms with Crippen LogP contribution < -0.4 is 10.5 Å². The van der Waals surface area contributed by atoms with Crippen molar-refractivity contribution in [3.8, 4) is 5.75 Å². The summed E-state index contributed by atoms with van der Waals surface area (Å²) in [5.41, 5.74) is 6.57. The number of aliphatic hydroxyl groups excluding tert-OH is 1. The first-order chi connectivity index (χ1) is 6.24. The van der Waals surface area contributed by atoms with Crippen molar-refractivity contribution in [2.75, 3.05) is 13.2 Å². The molecule has 0 saturated heterocycles. The van der Waals surface area contributed by atoms with E-state index >= 15 is 0 Å². The van der Waals surface area contributed by atoms with Gasteiger partial charge in [0.15, 0.2) is 0 Å². The summed E-state index contributed by atoms with van der Waals surface area (Å²) in [6.45, 7) is 2.27. The van der Waals surface area contributed by atoms with E-state index in [0.717, 1.165) is 11.3 Å². The predicted octanol–water partition coefficient (Wildman–Crippen LogP) is 0.693. The van der Waals surface area contributed by atoms with Crippen LogP contribution in [0.4, 0.5) is 0 Å². The highest BCUT2D eigenvalue weighted by Gasteiger charge is 2.02. The lowest BCUT2D eigenvalue weighted by Gasteiger charge is -2.11. The molecule has 1 aromatic rings. The van der Waals surface area contributed by atoms with Crippen LogP contribution >= 0.6 is 0 Å². The Kier molecular flexibility index (Phi) is 3.73. The van der Waals surface area contributed by atoms with Crippen LogP contribution in [0.2, 0.25) is 0 Å². The van der Waals surface area contributed by atoms with Crippen LogP contribution in [-0.2, 0) is 0 Å². The van der Waals surface area contributed by atoms with Gasteiger partial charge in [-0.05, 0) is 18.6 Å². The third-order valence-corrected chi connectivity index (χ3v) is 1.78. The topological polar surface area (TPSA) is 55.5 Å². The van der Waals surface area contributed by atoms with Gasteiger partial charge >= 0.3 is 0 Å². The lowest BCUT2D eigenvalue weighted by molar-refractivity contribution is 0.206. The highest BCUT2D eigenvalue weighted by atomic mass is 16.5. The Morgan fingerprint density at radius 2 is 2.15 bits per heavy atom. The van der Waals surface area contributed by atoms with E-state index in [1.807, 2.05) is 31.2 Å². The van der Waals surface area contributed by atoms with Crippen molar-refractivity contribution in [1.29, 1.82) is 0 Å². The average molecular weight is 181 g/mol. The quantitative estimate of drug-likeness (QED) is 0.718. The van der Waals surface area contributed by atoms with Gasteiger partial charge in [0.1, 0.15) is 12.4 Å². The predicted molar refractivity (Wildman–Crippen MR) is 51.7 cm³/mol. The van der Waals surface area contributed by atoms with Gasteiger partial charge in [-0.1, -0.05) is 18.2 Å². The smallest absolute Gasteiger partial charge is 0.122 e. The van der Waals surface area contributed by atoms with Crippen LogP contribution in [0.15, 0.2) is 24.3 Å². The molecule has 3 heteroatoms. The van der Waals surface area contributed by atoms with Crippen LogP contribution in [0.1, 0.15) is 5.56 Å². The summed E-state index contributed by atoms with van der Waals surface area (Å²) < 4.78 is 5.40. The lowest BCUT2D eigenvalue weighted by Crippen LogP contribution is -2.31. The number of aliphatic hydroxyl groups is 1. The molecule has 3 N–H and O–H groups in total. The van der Waals surface area contributed by atoms with Crippen molar-refractivity contribution in [2.45, 2.75) is 13.0 Å². The largest absolute Gasteiger partial charge is 0.492 e. The van der Waals surface area contributed by atoms with Gasteiger partial charge in [-0.15, -0.1) is 0 Å². The standard InChI is InChI=1S/C10H15NO2/c1-8-4-2-3-5-10(8)13-7-9(11)6-12/h2-5,9,12H,6-7,11H2,1H3. The second-order valence-electron chi connectivity index (χ2n) is 3.02. The fourth-order valence-electron chi connectivity index (χ4n) is 0.968. The maximum absolute atomic E-state index is 8.68. The number of hydrogen-bond donors (Lipinski definition) is 2. The van der Waals surface area contributed by atoms with E-state index in [4.69, 9.17) is 15.6 Å². The summed E-state index contributed by atoms with van der Waals surface area (Å²) in [4.78, 5) is 0. The van der Waals surface area contributed by atoms with E-state index in [2.05, 4.69) is 0 Å². The summed E-state index contributed by atoms with van der Waals surface area (Å²) in [5.74, 6) is 0.825. The fourth-order valence-corrected chi connectivity index (χ4v) is 0.968. The van der Waals surface area contributed by atoms with Gasteiger partial charge in [0, 0.05) is 0 Å². The molecule has 0 spiro atoms. The van der Waals surface area contributed by atoms with Crippen molar-refractivity contribution < 1.29 is 9.84 Å². The van der Waals surface area contributed by atoms with E-state index in [1.165, 1.54) is 0 Å². The number of nitrogens with two attached hydrogens (primary N) is 1. The molecule has 0 aliphatic carbocycles. The van der Waals surface area contributed by atoms with E-state index < -0.39 is 0 Å². The van der Waals surface area contributed by atoms with Gasteiger partial charge in [-0.3, -0.25) is 0 Å². The zero-order valence-electron chi connectivity index (χ0n) is 7.73. The molecule has 0 fully saturated rings. The number of hydrogen-bond acceptors (Lipinski definition) is 3. The molecule has 1 aromatic carbocycles. The first-order valence-electron chi connectivity index (χ1n) is 4.29. The van der Waals surface area contributed by atoms with Gasteiger partial charge in [-0.2, -0.15) is 0 Å². The molecule has 0 bridgehead atoms. The average Bonchev–Trinajstić information content (AvgIpc) is 2.16. The van der Waals surface area contributed by atoms with Crippen molar-refractivity contribution in [3.05, 3.63) is 29.8 Å². The molecule has 72 valence electrons. The molecule has 0 aliphatic rings. The molecule has 0 amide bonds. The number of rotatable bonds is 4. The summed E-state index contributed by atoms with van der Waals surface area (Å²) in [6, 6.07) is 7.42. The molecule has 0 saturated carbocycles. The maximum atomic E-state index is 8.68. The summed E-state index contributed by atoms with van der Waals surface area (Å²) >= 11 is 0. The third-order valence-electron chi connectivity index (χ3n) is 1.78. The highest BCUT2D eigenvalue weighted by Crippen LogP contribution is 2.15. The van der Waals surface area contributed by atoms with Gasteiger partial charge in [0.2, 0.25) is 0 Å². The van der Waals surface area contributed by atoms with Gasteiger partial charge in [0.25, 0.3) is 0 Å². The molecule has 13 heavy (non-hydrogen) atoms.